The number of likely N-dealkylation sites (N-methyl/N-ethyl adjacent to an activating group) is 1. The summed E-state index contributed by atoms with van der Waals surface area (Å²) in [6, 6.07) is 14.6. The largest absolute Gasteiger partial charge is 0.488 e. The third-order valence-corrected chi connectivity index (χ3v) is 4.04. The highest BCUT2D eigenvalue weighted by molar-refractivity contribution is 6.30. The molecule has 0 radical (unpaired) electrons. The molecule has 0 fully saturated rings. The summed E-state index contributed by atoms with van der Waals surface area (Å²) in [5, 5.41) is 9.43. The molecule has 0 unspecified atom stereocenters. The third kappa shape index (κ3) is 3.42. The van der Waals surface area contributed by atoms with E-state index < -0.39 is 0 Å². The Morgan fingerprint density at radius 2 is 2.04 bits per heavy atom. The molecule has 2 aromatic carbocycles. The summed E-state index contributed by atoms with van der Waals surface area (Å²) in [6.07, 6.45) is 1.82. The Kier molecular flexibility index (Phi) is 4.54. The summed E-state index contributed by atoms with van der Waals surface area (Å²) in [6.45, 7) is 0.704. The van der Waals surface area contributed by atoms with Crippen molar-refractivity contribution in [3.63, 3.8) is 0 Å². The molecule has 0 spiro atoms. The minimum Gasteiger partial charge on any atom is -0.488 e. The second-order valence-corrected chi connectivity index (χ2v) is 6.05. The minimum absolute atomic E-state index is 0.0926. The molecule has 0 N–H and O–H groups in total. The quantitative estimate of drug-likeness (QED) is 0.858. The van der Waals surface area contributed by atoms with E-state index in [1.807, 2.05) is 18.2 Å². The Morgan fingerprint density at radius 1 is 1.29 bits per heavy atom. The first-order chi connectivity index (χ1) is 11.6. The molecule has 5 heteroatoms. The van der Waals surface area contributed by atoms with Gasteiger partial charge in [0.05, 0.1) is 17.2 Å². The number of nitrogens with zero attached hydrogens (tertiary/aromatic N) is 2. The van der Waals surface area contributed by atoms with Gasteiger partial charge >= 0.3 is 0 Å². The molecule has 2 aromatic rings. The predicted octanol–water partition coefficient (Wildman–Crippen LogP) is 3.65. The number of hydrogen-bond donors (Lipinski definition) is 0. The van der Waals surface area contributed by atoms with Crippen LogP contribution in [0, 0.1) is 11.3 Å². The van der Waals surface area contributed by atoms with Crippen molar-refractivity contribution in [2.45, 2.75) is 6.54 Å². The van der Waals surface area contributed by atoms with Gasteiger partial charge in [-0.25, -0.2) is 0 Å². The maximum Gasteiger partial charge on any atom is 0.253 e. The van der Waals surface area contributed by atoms with Crippen LogP contribution in [0.15, 0.2) is 48.0 Å². The maximum atomic E-state index is 12.6. The van der Waals surface area contributed by atoms with Gasteiger partial charge in [0.15, 0.2) is 0 Å². The van der Waals surface area contributed by atoms with Crippen LogP contribution in [-0.2, 0) is 11.3 Å². The standard InChI is InChI=1S/C19H15ClN2O2/c1-22(11-14-4-2-13(10-21)3-5-14)19(23)16-8-15-9-17(20)6-7-18(15)24-12-16/h2-9H,11-12H2,1H3. The first-order valence-electron chi connectivity index (χ1n) is 7.44. The molecule has 1 heterocycles. The van der Waals surface area contributed by atoms with E-state index in [9.17, 15) is 4.79 Å². The Balaban J connectivity index is 1.75. The fourth-order valence-corrected chi connectivity index (χ4v) is 2.73. The minimum atomic E-state index is -0.0926. The fourth-order valence-electron chi connectivity index (χ4n) is 2.55. The van der Waals surface area contributed by atoms with E-state index >= 15 is 0 Å². The molecular formula is C19H15ClN2O2. The number of carbonyl (C=O) groups excluding carboxylic acids is 1. The highest BCUT2D eigenvalue weighted by Crippen LogP contribution is 2.29. The van der Waals surface area contributed by atoms with Crippen LogP contribution >= 0.6 is 11.6 Å². The van der Waals surface area contributed by atoms with Crippen molar-refractivity contribution in [3.8, 4) is 11.8 Å². The molecule has 0 saturated carbocycles. The molecule has 0 saturated heterocycles. The lowest BCUT2D eigenvalue weighted by molar-refractivity contribution is -0.126. The summed E-state index contributed by atoms with van der Waals surface area (Å²) in [4.78, 5) is 14.2. The molecule has 1 aliphatic heterocycles. The van der Waals surface area contributed by atoms with Crippen LogP contribution in [0.25, 0.3) is 6.08 Å². The average Bonchev–Trinajstić information content (AvgIpc) is 2.61. The number of nitriles is 1. The highest BCUT2D eigenvalue weighted by Gasteiger charge is 2.20. The summed E-state index contributed by atoms with van der Waals surface area (Å²) in [5.74, 6) is 0.635. The van der Waals surface area contributed by atoms with Crippen LogP contribution in [-0.4, -0.2) is 24.5 Å². The van der Waals surface area contributed by atoms with Crippen LogP contribution in [0.3, 0.4) is 0 Å². The van der Waals surface area contributed by atoms with E-state index in [2.05, 4.69) is 6.07 Å². The molecule has 0 bridgehead atoms. The summed E-state index contributed by atoms with van der Waals surface area (Å²) in [7, 11) is 1.74. The van der Waals surface area contributed by atoms with Crippen molar-refractivity contribution in [2.24, 2.45) is 0 Å². The van der Waals surface area contributed by atoms with Crippen LogP contribution in [0.2, 0.25) is 5.02 Å². The average molecular weight is 339 g/mol. The smallest absolute Gasteiger partial charge is 0.253 e. The van der Waals surface area contributed by atoms with Gasteiger partial charge < -0.3 is 9.64 Å². The van der Waals surface area contributed by atoms with Gasteiger partial charge in [-0.1, -0.05) is 23.7 Å². The number of fused-ring (bicyclic) bond motifs is 1. The monoisotopic (exact) mass is 338 g/mol. The van der Waals surface area contributed by atoms with Gasteiger partial charge in [-0.05, 0) is 42.0 Å². The lowest BCUT2D eigenvalue weighted by atomic mass is 10.1. The normalized spacial score (nSPS) is 12.5. The van der Waals surface area contributed by atoms with Gasteiger partial charge in [0.25, 0.3) is 5.91 Å². The van der Waals surface area contributed by atoms with Gasteiger partial charge in [-0.15, -0.1) is 0 Å². The highest BCUT2D eigenvalue weighted by atomic mass is 35.5. The summed E-state index contributed by atoms with van der Waals surface area (Å²) in [5.41, 5.74) is 2.96. The number of hydrogen-bond acceptors (Lipinski definition) is 3. The van der Waals surface area contributed by atoms with Crippen molar-refractivity contribution >= 4 is 23.6 Å². The predicted molar refractivity (Wildman–Crippen MR) is 92.6 cm³/mol. The van der Waals surface area contributed by atoms with Crippen LogP contribution in [0.1, 0.15) is 16.7 Å². The topological polar surface area (TPSA) is 53.3 Å². The third-order valence-electron chi connectivity index (χ3n) is 3.81. The van der Waals surface area contributed by atoms with E-state index in [0.29, 0.717) is 22.7 Å². The van der Waals surface area contributed by atoms with Crippen molar-refractivity contribution in [1.29, 1.82) is 5.26 Å². The Bertz CT molecular complexity index is 851. The van der Waals surface area contributed by atoms with E-state index in [1.165, 1.54) is 0 Å². The van der Waals surface area contributed by atoms with Crippen LogP contribution < -0.4 is 4.74 Å². The van der Waals surface area contributed by atoms with E-state index in [1.54, 1.807) is 42.3 Å². The Hall–Kier alpha value is -2.77. The Morgan fingerprint density at radius 3 is 2.75 bits per heavy atom. The molecule has 0 atom stereocenters. The molecule has 3 rings (SSSR count). The van der Waals surface area contributed by atoms with E-state index in [4.69, 9.17) is 21.6 Å². The van der Waals surface area contributed by atoms with Gasteiger partial charge in [0, 0.05) is 24.2 Å². The van der Waals surface area contributed by atoms with E-state index in [-0.39, 0.29) is 12.5 Å². The Labute approximate surface area is 145 Å². The number of halogens is 1. The second kappa shape index (κ2) is 6.77. The molecular weight excluding hydrogens is 324 g/mol. The molecule has 0 aliphatic carbocycles. The zero-order chi connectivity index (χ0) is 17.1. The number of ether oxygens (including phenoxy) is 1. The second-order valence-electron chi connectivity index (χ2n) is 5.61. The van der Waals surface area contributed by atoms with Crippen molar-refractivity contribution < 1.29 is 9.53 Å². The molecule has 0 aromatic heterocycles. The van der Waals surface area contributed by atoms with Crippen molar-refractivity contribution in [1.82, 2.24) is 4.90 Å². The first kappa shape index (κ1) is 16.1. The van der Waals surface area contributed by atoms with Crippen LogP contribution in [0.5, 0.6) is 5.75 Å². The molecule has 24 heavy (non-hydrogen) atoms. The number of rotatable bonds is 3. The number of amides is 1. The zero-order valence-corrected chi connectivity index (χ0v) is 13.9. The first-order valence-corrected chi connectivity index (χ1v) is 7.82. The van der Waals surface area contributed by atoms with Crippen LogP contribution in [0.4, 0.5) is 0 Å². The number of carbonyl (C=O) groups is 1. The lowest BCUT2D eigenvalue weighted by Crippen LogP contribution is -2.30. The molecule has 120 valence electrons. The molecule has 4 nitrogen and oxygen atoms in total. The zero-order valence-electron chi connectivity index (χ0n) is 13.1. The van der Waals surface area contributed by atoms with Crippen molar-refractivity contribution in [3.05, 3.63) is 69.8 Å². The van der Waals surface area contributed by atoms with E-state index in [0.717, 1.165) is 16.9 Å². The molecule has 1 amide bonds. The maximum absolute atomic E-state index is 12.6. The number of benzene rings is 2. The van der Waals surface area contributed by atoms with Gasteiger partial charge in [0.1, 0.15) is 12.4 Å². The van der Waals surface area contributed by atoms with Gasteiger partial charge in [-0.2, -0.15) is 5.26 Å². The van der Waals surface area contributed by atoms with Crippen molar-refractivity contribution in [2.75, 3.05) is 13.7 Å². The summed E-state index contributed by atoms with van der Waals surface area (Å²) >= 11 is 6.00. The SMILES string of the molecule is CN(Cc1ccc(C#N)cc1)C(=O)C1=Cc2cc(Cl)ccc2OC1. The molecule has 1 aliphatic rings. The fraction of sp³-hybridized carbons (Fsp3) is 0.158. The van der Waals surface area contributed by atoms with Gasteiger partial charge in [0.2, 0.25) is 0 Å². The lowest BCUT2D eigenvalue weighted by Gasteiger charge is -2.22. The van der Waals surface area contributed by atoms with Gasteiger partial charge in [-0.3, -0.25) is 4.79 Å². The summed E-state index contributed by atoms with van der Waals surface area (Å²) < 4.78 is 5.63.